The summed E-state index contributed by atoms with van der Waals surface area (Å²) >= 11 is 0. The van der Waals surface area contributed by atoms with Gasteiger partial charge in [0, 0.05) is 6.54 Å². The van der Waals surface area contributed by atoms with E-state index in [1.54, 1.807) is 12.4 Å². The van der Waals surface area contributed by atoms with Gasteiger partial charge in [-0.05, 0) is 24.1 Å². The second kappa shape index (κ2) is 6.43. The van der Waals surface area contributed by atoms with Crippen molar-refractivity contribution in [3.05, 3.63) is 47.4 Å². The number of anilines is 1. The molecule has 0 spiro atoms. The average Bonchev–Trinajstić information content (AvgIpc) is 2.90. The number of imidazole rings is 1. The Morgan fingerprint density at radius 2 is 2.30 bits per heavy atom. The molecule has 1 aliphatic rings. The number of benzene rings is 1. The number of ether oxygens (including phenoxy) is 1. The molecule has 1 aromatic carbocycles. The van der Waals surface area contributed by atoms with Crippen molar-refractivity contribution in [2.24, 2.45) is 4.99 Å². The van der Waals surface area contributed by atoms with Gasteiger partial charge in [0.1, 0.15) is 12.4 Å². The first-order chi connectivity index (χ1) is 11.2. The van der Waals surface area contributed by atoms with Gasteiger partial charge in [0.15, 0.2) is 5.69 Å². The number of aliphatic imine (C=N–C) groups is 1. The second-order valence-electron chi connectivity index (χ2n) is 5.11. The fraction of sp³-hybridized carbons (Fsp3) is 0.250. The minimum Gasteiger partial charge on any atom is -0.465 e. The number of esters is 1. The summed E-state index contributed by atoms with van der Waals surface area (Å²) in [6.45, 7) is 0.735. The lowest BCUT2D eigenvalue weighted by atomic mass is 10.1. The Kier molecular flexibility index (Phi) is 4.18. The SMILES string of the molecule is COC(=O)c1cccc(CCn2cnc3c2NC=NCC3=O)c1. The molecule has 0 radical (unpaired) electrons. The Bertz CT molecular complexity index is 779. The fourth-order valence-corrected chi connectivity index (χ4v) is 2.44. The summed E-state index contributed by atoms with van der Waals surface area (Å²) in [4.78, 5) is 31.5. The van der Waals surface area contributed by atoms with Crippen molar-refractivity contribution in [1.82, 2.24) is 9.55 Å². The molecule has 0 saturated carbocycles. The molecule has 1 N–H and O–H groups in total. The number of aromatic nitrogens is 2. The van der Waals surface area contributed by atoms with Crippen LogP contribution in [0.3, 0.4) is 0 Å². The molecule has 7 nitrogen and oxygen atoms in total. The monoisotopic (exact) mass is 312 g/mol. The van der Waals surface area contributed by atoms with E-state index >= 15 is 0 Å². The van der Waals surface area contributed by atoms with Crippen molar-refractivity contribution in [3.8, 4) is 0 Å². The summed E-state index contributed by atoms with van der Waals surface area (Å²) in [6.07, 6.45) is 3.85. The Morgan fingerprint density at radius 1 is 1.43 bits per heavy atom. The molecule has 2 heterocycles. The molecular formula is C16H16N4O3. The number of ketones is 1. The molecule has 0 bridgehead atoms. The summed E-state index contributed by atoms with van der Waals surface area (Å²) < 4.78 is 6.60. The van der Waals surface area contributed by atoms with Crippen LogP contribution in [0.5, 0.6) is 0 Å². The van der Waals surface area contributed by atoms with Gasteiger partial charge >= 0.3 is 5.97 Å². The molecule has 0 aliphatic carbocycles. The van der Waals surface area contributed by atoms with Crippen molar-refractivity contribution in [2.45, 2.75) is 13.0 Å². The van der Waals surface area contributed by atoms with Crippen LogP contribution in [0.4, 0.5) is 5.82 Å². The molecule has 2 aromatic rings. The quantitative estimate of drug-likeness (QED) is 0.866. The van der Waals surface area contributed by atoms with Gasteiger partial charge in [0.2, 0.25) is 5.78 Å². The summed E-state index contributed by atoms with van der Waals surface area (Å²) in [5, 5.41) is 2.99. The number of aryl methyl sites for hydroxylation is 2. The number of nitrogens with zero attached hydrogens (tertiary/aromatic N) is 3. The first-order valence-corrected chi connectivity index (χ1v) is 7.19. The molecule has 7 heteroatoms. The van der Waals surface area contributed by atoms with E-state index in [0.717, 1.165) is 5.56 Å². The van der Waals surface area contributed by atoms with Crippen LogP contribution in [0.25, 0.3) is 0 Å². The van der Waals surface area contributed by atoms with Gasteiger partial charge in [-0.15, -0.1) is 0 Å². The molecule has 3 rings (SSSR count). The number of hydrogen-bond donors (Lipinski definition) is 1. The number of fused-ring (bicyclic) bond motifs is 1. The third-order valence-corrected chi connectivity index (χ3v) is 3.62. The topological polar surface area (TPSA) is 85.6 Å². The van der Waals surface area contributed by atoms with Gasteiger partial charge in [0.05, 0.1) is 25.3 Å². The first kappa shape index (κ1) is 15.0. The Balaban J connectivity index is 1.76. The Morgan fingerprint density at radius 3 is 3.13 bits per heavy atom. The van der Waals surface area contributed by atoms with E-state index in [9.17, 15) is 9.59 Å². The van der Waals surface area contributed by atoms with E-state index in [1.165, 1.54) is 13.4 Å². The van der Waals surface area contributed by atoms with Gasteiger partial charge in [-0.3, -0.25) is 9.79 Å². The number of carbonyl (C=O) groups is 2. The zero-order chi connectivity index (χ0) is 16.2. The molecule has 0 saturated heterocycles. The highest BCUT2D eigenvalue weighted by molar-refractivity contribution is 6.04. The largest absolute Gasteiger partial charge is 0.465 e. The number of Topliss-reactive ketones (excluding diaryl/α,β-unsaturated/α-hetero) is 1. The van der Waals surface area contributed by atoms with E-state index in [4.69, 9.17) is 4.74 Å². The maximum Gasteiger partial charge on any atom is 0.337 e. The predicted octanol–water partition coefficient (Wildman–Crippen LogP) is 1.55. The van der Waals surface area contributed by atoms with Gasteiger partial charge in [-0.25, -0.2) is 9.78 Å². The minimum atomic E-state index is -0.355. The van der Waals surface area contributed by atoms with E-state index in [-0.39, 0.29) is 18.3 Å². The number of carbonyl (C=O) groups excluding carboxylic acids is 2. The lowest BCUT2D eigenvalue weighted by molar-refractivity contribution is 0.0600. The molecule has 1 aliphatic heterocycles. The van der Waals surface area contributed by atoms with Crippen LogP contribution >= 0.6 is 0 Å². The van der Waals surface area contributed by atoms with Gasteiger partial charge in [-0.2, -0.15) is 0 Å². The van der Waals surface area contributed by atoms with Crippen LogP contribution in [-0.2, 0) is 17.7 Å². The van der Waals surface area contributed by atoms with Crippen molar-refractivity contribution in [2.75, 3.05) is 19.0 Å². The minimum absolute atomic E-state index is 0.104. The normalized spacial score (nSPS) is 13.2. The lowest BCUT2D eigenvalue weighted by Gasteiger charge is -2.09. The molecule has 118 valence electrons. The summed E-state index contributed by atoms with van der Waals surface area (Å²) in [6, 6.07) is 7.29. The van der Waals surface area contributed by atoms with E-state index < -0.39 is 0 Å². The number of hydrogen-bond acceptors (Lipinski definition) is 6. The Hall–Kier alpha value is -2.96. The molecule has 0 amide bonds. The Labute approximate surface area is 133 Å². The van der Waals surface area contributed by atoms with Crippen LogP contribution in [0, 0.1) is 0 Å². The maximum absolute atomic E-state index is 11.9. The van der Waals surface area contributed by atoms with Gasteiger partial charge in [0.25, 0.3) is 0 Å². The maximum atomic E-state index is 11.9. The number of methoxy groups -OCH3 is 1. The third-order valence-electron chi connectivity index (χ3n) is 3.62. The summed E-state index contributed by atoms with van der Waals surface area (Å²) in [5.41, 5.74) is 1.93. The van der Waals surface area contributed by atoms with Crippen LogP contribution < -0.4 is 5.32 Å². The highest BCUT2D eigenvalue weighted by atomic mass is 16.5. The smallest absolute Gasteiger partial charge is 0.337 e. The highest BCUT2D eigenvalue weighted by Crippen LogP contribution is 2.17. The molecular weight excluding hydrogens is 296 g/mol. The van der Waals surface area contributed by atoms with Crippen LogP contribution in [0.15, 0.2) is 35.6 Å². The van der Waals surface area contributed by atoms with Crippen molar-refractivity contribution in [1.29, 1.82) is 0 Å². The third kappa shape index (κ3) is 3.13. The van der Waals surface area contributed by atoms with E-state index in [0.29, 0.717) is 30.0 Å². The van der Waals surface area contributed by atoms with Gasteiger partial charge < -0.3 is 14.6 Å². The first-order valence-electron chi connectivity index (χ1n) is 7.19. The van der Waals surface area contributed by atoms with Gasteiger partial charge in [-0.1, -0.05) is 12.1 Å². The standard InChI is InChI=1S/C16H16N4O3/c1-23-16(22)12-4-2-3-11(7-12)5-6-20-10-19-14-13(21)8-17-9-18-15(14)20/h2-4,7,9-10H,5-6,8H2,1H3,(H,17,18). The second-order valence-corrected chi connectivity index (χ2v) is 5.11. The molecule has 23 heavy (non-hydrogen) atoms. The molecule has 1 aromatic heterocycles. The van der Waals surface area contributed by atoms with Crippen molar-refractivity contribution >= 4 is 23.9 Å². The molecule has 0 atom stereocenters. The zero-order valence-corrected chi connectivity index (χ0v) is 12.7. The van der Waals surface area contributed by atoms with Crippen molar-refractivity contribution < 1.29 is 14.3 Å². The fourth-order valence-electron chi connectivity index (χ4n) is 2.44. The average molecular weight is 312 g/mol. The van der Waals surface area contributed by atoms with E-state index in [1.807, 2.05) is 22.8 Å². The highest BCUT2D eigenvalue weighted by Gasteiger charge is 2.19. The van der Waals surface area contributed by atoms with E-state index in [2.05, 4.69) is 15.3 Å². The molecule has 0 fully saturated rings. The summed E-state index contributed by atoms with van der Waals surface area (Å²) in [7, 11) is 1.36. The number of rotatable bonds is 4. The molecule has 0 unspecified atom stereocenters. The van der Waals surface area contributed by atoms with Crippen LogP contribution in [0.1, 0.15) is 26.4 Å². The predicted molar refractivity (Wildman–Crippen MR) is 85.0 cm³/mol. The van der Waals surface area contributed by atoms with Crippen LogP contribution in [0.2, 0.25) is 0 Å². The summed E-state index contributed by atoms with van der Waals surface area (Å²) in [5.74, 6) is 0.194. The lowest BCUT2D eigenvalue weighted by Crippen LogP contribution is -2.08. The van der Waals surface area contributed by atoms with Crippen LogP contribution in [-0.4, -0.2) is 41.3 Å². The number of nitrogens with one attached hydrogen (secondary N) is 1. The zero-order valence-electron chi connectivity index (χ0n) is 12.7. The van der Waals surface area contributed by atoms with Crippen molar-refractivity contribution in [3.63, 3.8) is 0 Å².